The summed E-state index contributed by atoms with van der Waals surface area (Å²) in [5.74, 6) is 0.599. The third kappa shape index (κ3) is 6.49. The van der Waals surface area contributed by atoms with Crippen molar-refractivity contribution in [2.45, 2.75) is 33.5 Å². The fourth-order valence-electron chi connectivity index (χ4n) is 2.54. The normalized spacial score (nSPS) is 11.3. The van der Waals surface area contributed by atoms with E-state index in [1.807, 2.05) is 25.6 Å². The molecule has 1 aromatic carbocycles. The highest BCUT2D eigenvalue weighted by atomic mass is 127. The number of aryl methyl sites for hydroxylation is 2. The highest BCUT2D eigenvalue weighted by molar-refractivity contribution is 14.0. The maximum atomic E-state index is 12.5. The van der Waals surface area contributed by atoms with Crippen LogP contribution >= 0.6 is 35.6 Å². The SMILES string of the molecule is CN=C(NCc1cc(Cl)ccc1OC(F)F)NCc1c(C)nn(C)c1C.I. The number of ether oxygens (including phenoxy) is 1. The molecule has 1 heterocycles. The first-order valence-corrected chi connectivity index (χ1v) is 8.36. The van der Waals surface area contributed by atoms with Gasteiger partial charge in [0.1, 0.15) is 5.75 Å². The fraction of sp³-hybridized carbons (Fsp3) is 0.412. The van der Waals surface area contributed by atoms with Gasteiger partial charge in [-0.15, -0.1) is 24.0 Å². The molecule has 0 fully saturated rings. The molecule has 0 radical (unpaired) electrons. The van der Waals surface area contributed by atoms with Crippen LogP contribution in [0.5, 0.6) is 5.75 Å². The number of halogens is 4. The number of nitrogens with zero attached hydrogens (tertiary/aromatic N) is 3. The van der Waals surface area contributed by atoms with Crippen LogP contribution < -0.4 is 15.4 Å². The van der Waals surface area contributed by atoms with Crippen LogP contribution in [0, 0.1) is 13.8 Å². The molecule has 27 heavy (non-hydrogen) atoms. The van der Waals surface area contributed by atoms with Crippen molar-refractivity contribution in [1.82, 2.24) is 20.4 Å². The maximum absolute atomic E-state index is 12.5. The molecule has 2 aromatic rings. The molecule has 1 aromatic heterocycles. The van der Waals surface area contributed by atoms with Gasteiger partial charge in [0.05, 0.1) is 5.69 Å². The van der Waals surface area contributed by atoms with E-state index in [9.17, 15) is 8.78 Å². The molecule has 0 spiro atoms. The summed E-state index contributed by atoms with van der Waals surface area (Å²) >= 11 is 5.95. The van der Waals surface area contributed by atoms with E-state index in [2.05, 4.69) is 25.5 Å². The maximum Gasteiger partial charge on any atom is 0.387 e. The van der Waals surface area contributed by atoms with Crippen molar-refractivity contribution in [3.05, 3.63) is 45.7 Å². The first-order valence-electron chi connectivity index (χ1n) is 7.98. The van der Waals surface area contributed by atoms with E-state index in [1.54, 1.807) is 13.1 Å². The zero-order valence-electron chi connectivity index (χ0n) is 15.5. The summed E-state index contributed by atoms with van der Waals surface area (Å²) in [5, 5.41) is 11.1. The Hall–Kier alpha value is -1.62. The van der Waals surface area contributed by atoms with Gasteiger partial charge in [-0.3, -0.25) is 9.67 Å². The van der Waals surface area contributed by atoms with Gasteiger partial charge in [-0.25, -0.2) is 0 Å². The predicted octanol–water partition coefficient (Wildman–Crippen LogP) is 3.77. The van der Waals surface area contributed by atoms with Gasteiger partial charge >= 0.3 is 6.61 Å². The van der Waals surface area contributed by atoms with Crippen molar-refractivity contribution in [1.29, 1.82) is 0 Å². The predicted molar refractivity (Wildman–Crippen MR) is 113 cm³/mol. The molecule has 0 amide bonds. The monoisotopic (exact) mass is 513 g/mol. The van der Waals surface area contributed by atoms with Crippen molar-refractivity contribution in [3.8, 4) is 5.75 Å². The molecule has 10 heteroatoms. The van der Waals surface area contributed by atoms with Gasteiger partial charge in [0, 0.05) is 49.0 Å². The Balaban J connectivity index is 0.00000364. The summed E-state index contributed by atoms with van der Waals surface area (Å²) in [5.41, 5.74) is 3.60. The Bertz CT molecular complexity index is 798. The third-order valence-electron chi connectivity index (χ3n) is 4.00. The van der Waals surface area contributed by atoms with Gasteiger partial charge in [0.2, 0.25) is 0 Å². The number of benzene rings is 1. The van der Waals surface area contributed by atoms with Gasteiger partial charge in [-0.2, -0.15) is 13.9 Å². The summed E-state index contributed by atoms with van der Waals surface area (Å²) in [6.45, 7) is 1.81. The molecule has 0 unspecified atom stereocenters. The van der Waals surface area contributed by atoms with Crippen molar-refractivity contribution in [3.63, 3.8) is 0 Å². The summed E-state index contributed by atoms with van der Waals surface area (Å²) in [4.78, 5) is 4.14. The van der Waals surface area contributed by atoms with E-state index in [-0.39, 0.29) is 36.3 Å². The van der Waals surface area contributed by atoms with E-state index in [1.165, 1.54) is 12.1 Å². The Morgan fingerprint density at radius 3 is 2.52 bits per heavy atom. The highest BCUT2D eigenvalue weighted by Crippen LogP contribution is 2.24. The van der Waals surface area contributed by atoms with E-state index in [0.717, 1.165) is 17.0 Å². The van der Waals surface area contributed by atoms with Crippen LogP contribution in [0.25, 0.3) is 0 Å². The molecular formula is C17H23ClF2IN5O. The van der Waals surface area contributed by atoms with Crippen molar-refractivity contribution < 1.29 is 13.5 Å². The molecule has 0 aliphatic heterocycles. The number of hydrogen-bond acceptors (Lipinski definition) is 3. The lowest BCUT2D eigenvalue weighted by Crippen LogP contribution is -2.36. The van der Waals surface area contributed by atoms with E-state index in [4.69, 9.17) is 11.6 Å². The van der Waals surface area contributed by atoms with Crippen LogP contribution in [0.3, 0.4) is 0 Å². The molecule has 0 bridgehead atoms. The summed E-state index contributed by atoms with van der Waals surface area (Å²) in [7, 11) is 3.52. The number of alkyl halides is 2. The van der Waals surface area contributed by atoms with Crippen molar-refractivity contribution in [2.75, 3.05) is 7.05 Å². The number of guanidine groups is 1. The zero-order valence-corrected chi connectivity index (χ0v) is 18.6. The second-order valence-corrected chi connectivity index (χ2v) is 6.12. The number of aliphatic imine (C=N–C) groups is 1. The van der Waals surface area contributed by atoms with Gasteiger partial charge in [-0.05, 0) is 32.0 Å². The Labute approximate surface area is 179 Å². The zero-order chi connectivity index (χ0) is 19.3. The molecule has 0 aliphatic rings. The average Bonchev–Trinajstić information content (AvgIpc) is 2.82. The number of hydrogen-bond donors (Lipinski definition) is 2. The fourth-order valence-corrected chi connectivity index (χ4v) is 2.74. The van der Waals surface area contributed by atoms with Gasteiger partial charge in [-0.1, -0.05) is 11.6 Å². The standard InChI is InChI=1S/C17H22ClF2N5O.HI/c1-10-14(11(2)25(4)24-10)9-23-17(21-3)22-8-12-7-13(18)5-6-15(12)26-16(19)20;/h5-7,16H,8-9H2,1-4H3,(H2,21,22,23);1H. The molecule has 0 atom stereocenters. The minimum atomic E-state index is -2.90. The summed E-state index contributed by atoms with van der Waals surface area (Å²) < 4.78 is 31.4. The minimum Gasteiger partial charge on any atom is -0.434 e. The van der Waals surface area contributed by atoms with E-state index >= 15 is 0 Å². The van der Waals surface area contributed by atoms with Crippen LogP contribution in [-0.2, 0) is 20.1 Å². The number of rotatable bonds is 6. The number of aromatic nitrogens is 2. The smallest absolute Gasteiger partial charge is 0.387 e. The molecule has 2 rings (SSSR count). The van der Waals surface area contributed by atoms with Crippen LogP contribution in [0.15, 0.2) is 23.2 Å². The van der Waals surface area contributed by atoms with Crippen molar-refractivity contribution in [2.24, 2.45) is 12.0 Å². The topological polar surface area (TPSA) is 63.5 Å². The minimum absolute atomic E-state index is 0. The van der Waals surface area contributed by atoms with Gasteiger partial charge in [0.15, 0.2) is 5.96 Å². The molecule has 0 saturated heterocycles. The van der Waals surface area contributed by atoms with Crippen molar-refractivity contribution >= 4 is 41.5 Å². The highest BCUT2D eigenvalue weighted by Gasteiger charge is 2.12. The molecule has 150 valence electrons. The van der Waals surface area contributed by atoms with Crippen LogP contribution in [0.4, 0.5) is 8.78 Å². The third-order valence-corrected chi connectivity index (χ3v) is 4.24. The summed E-state index contributed by atoms with van der Waals surface area (Å²) in [6.07, 6.45) is 0. The summed E-state index contributed by atoms with van der Waals surface area (Å²) in [6, 6.07) is 4.50. The lowest BCUT2D eigenvalue weighted by Gasteiger charge is -2.15. The molecule has 0 aliphatic carbocycles. The van der Waals surface area contributed by atoms with Gasteiger partial charge in [0.25, 0.3) is 0 Å². The Morgan fingerprint density at radius 2 is 1.96 bits per heavy atom. The van der Waals surface area contributed by atoms with Crippen LogP contribution in [-0.4, -0.2) is 29.4 Å². The lowest BCUT2D eigenvalue weighted by atomic mass is 10.2. The van der Waals surface area contributed by atoms with E-state index < -0.39 is 6.61 Å². The number of nitrogens with one attached hydrogen (secondary N) is 2. The first-order chi connectivity index (χ1) is 12.3. The Morgan fingerprint density at radius 1 is 1.30 bits per heavy atom. The van der Waals surface area contributed by atoms with Crippen LogP contribution in [0.1, 0.15) is 22.5 Å². The molecule has 6 nitrogen and oxygen atoms in total. The Kier molecular flexibility index (Phi) is 9.23. The second kappa shape index (κ2) is 10.6. The lowest BCUT2D eigenvalue weighted by molar-refractivity contribution is -0.0504. The molecule has 0 saturated carbocycles. The average molecular weight is 514 g/mol. The molecule has 2 N–H and O–H groups in total. The molecular weight excluding hydrogens is 491 g/mol. The van der Waals surface area contributed by atoms with Crippen LogP contribution in [0.2, 0.25) is 5.02 Å². The second-order valence-electron chi connectivity index (χ2n) is 5.68. The first kappa shape index (κ1) is 23.4. The van der Waals surface area contributed by atoms with Gasteiger partial charge < -0.3 is 15.4 Å². The van der Waals surface area contributed by atoms with E-state index in [0.29, 0.717) is 23.1 Å². The largest absolute Gasteiger partial charge is 0.434 e. The quantitative estimate of drug-likeness (QED) is 0.351.